The average Bonchev–Trinajstić information content (AvgIpc) is 2.82. The molecule has 0 atom stereocenters. The molecule has 0 saturated carbocycles. The van der Waals surface area contributed by atoms with E-state index in [2.05, 4.69) is 20.8 Å². The highest BCUT2D eigenvalue weighted by Gasteiger charge is 2.10. The number of nitrogens with zero attached hydrogens (tertiary/aromatic N) is 3. The van der Waals surface area contributed by atoms with Gasteiger partial charge in [0.2, 0.25) is 5.96 Å². The van der Waals surface area contributed by atoms with E-state index in [-0.39, 0.29) is 5.69 Å². The first kappa shape index (κ1) is 11.1. The highest BCUT2D eigenvalue weighted by Crippen LogP contribution is 2.14. The molecule has 7 heteroatoms. The van der Waals surface area contributed by atoms with Gasteiger partial charge in [0.1, 0.15) is 0 Å². The molecule has 1 aliphatic rings. The van der Waals surface area contributed by atoms with E-state index in [1.54, 1.807) is 18.2 Å². The average molecular weight is 233 g/mol. The zero-order valence-electron chi connectivity index (χ0n) is 8.96. The largest absolute Gasteiger partial charge is 0.353 e. The van der Waals surface area contributed by atoms with Crippen molar-refractivity contribution >= 4 is 17.9 Å². The Morgan fingerprint density at radius 3 is 3.06 bits per heavy atom. The van der Waals surface area contributed by atoms with Crippen LogP contribution in [0.1, 0.15) is 5.56 Å². The number of nitrogens with one attached hydrogen (secondary N) is 2. The van der Waals surface area contributed by atoms with Crippen LogP contribution in [0.5, 0.6) is 0 Å². The third kappa shape index (κ3) is 2.77. The summed E-state index contributed by atoms with van der Waals surface area (Å²) in [6.07, 6.45) is 1.40. The van der Waals surface area contributed by atoms with Gasteiger partial charge in [-0.15, -0.1) is 0 Å². The molecule has 1 aromatic carbocycles. The Kier molecular flexibility index (Phi) is 3.29. The summed E-state index contributed by atoms with van der Waals surface area (Å²) in [5.74, 6) is 0.583. The third-order valence-electron chi connectivity index (χ3n) is 2.18. The number of aliphatic imine (C=N–C) groups is 1. The molecule has 0 radical (unpaired) electrons. The Morgan fingerprint density at radius 1 is 1.53 bits per heavy atom. The lowest BCUT2D eigenvalue weighted by Gasteiger charge is -1.99. The zero-order chi connectivity index (χ0) is 12.1. The van der Waals surface area contributed by atoms with E-state index in [0.29, 0.717) is 18.1 Å². The van der Waals surface area contributed by atoms with Crippen molar-refractivity contribution in [2.45, 2.75) is 0 Å². The normalized spacial score (nSPS) is 14.5. The Bertz CT molecular complexity index is 483. The van der Waals surface area contributed by atoms with E-state index in [0.717, 1.165) is 6.54 Å². The highest BCUT2D eigenvalue weighted by atomic mass is 16.6. The van der Waals surface area contributed by atoms with Gasteiger partial charge < -0.3 is 5.32 Å². The molecule has 1 heterocycles. The number of hydrazone groups is 1. The lowest BCUT2D eigenvalue weighted by atomic mass is 10.2. The first-order chi connectivity index (χ1) is 8.27. The molecule has 2 N–H and O–H groups in total. The summed E-state index contributed by atoms with van der Waals surface area (Å²) >= 11 is 0. The van der Waals surface area contributed by atoms with Gasteiger partial charge in [-0.3, -0.25) is 10.1 Å². The van der Waals surface area contributed by atoms with Gasteiger partial charge in [0, 0.05) is 12.6 Å². The fourth-order valence-electron chi connectivity index (χ4n) is 1.40. The van der Waals surface area contributed by atoms with E-state index < -0.39 is 4.92 Å². The van der Waals surface area contributed by atoms with Crippen LogP contribution >= 0.6 is 0 Å². The van der Waals surface area contributed by atoms with Crippen molar-refractivity contribution in [3.8, 4) is 0 Å². The van der Waals surface area contributed by atoms with Crippen LogP contribution in [-0.2, 0) is 0 Å². The molecule has 0 aliphatic carbocycles. The summed E-state index contributed by atoms with van der Waals surface area (Å²) in [6.45, 7) is 1.49. The Morgan fingerprint density at radius 2 is 2.35 bits per heavy atom. The molecule has 1 aliphatic heterocycles. The zero-order valence-corrected chi connectivity index (χ0v) is 8.96. The second kappa shape index (κ2) is 5.06. The van der Waals surface area contributed by atoms with Gasteiger partial charge in [0.25, 0.3) is 5.69 Å². The van der Waals surface area contributed by atoms with Gasteiger partial charge >= 0.3 is 0 Å². The highest BCUT2D eigenvalue weighted by molar-refractivity contribution is 5.87. The van der Waals surface area contributed by atoms with E-state index in [9.17, 15) is 10.1 Å². The monoisotopic (exact) mass is 233 g/mol. The second-order valence-electron chi connectivity index (χ2n) is 3.34. The van der Waals surface area contributed by atoms with Gasteiger partial charge in [-0.1, -0.05) is 12.1 Å². The summed E-state index contributed by atoms with van der Waals surface area (Å²) in [5, 5.41) is 17.6. The van der Waals surface area contributed by atoms with E-state index in [4.69, 9.17) is 0 Å². The molecule has 1 aromatic rings. The first-order valence-electron chi connectivity index (χ1n) is 5.08. The first-order valence-corrected chi connectivity index (χ1v) is 5.08. The van der Waals surface area contributed by atoms with Crippen molar-refractivity contribution in [1.82, 2.24) is 10.7 Å². The van der Waals surface area contributed by atoms with Crippen LogP contribution in [0.25, 0.3) is 0 Å². The summed E-state index contributed by atoms with van der Waals surface area (Å²) < 4.78 is 0. The molecule has 88 valence electrons. The van der Waals surface area contributed by atoms with Gasteiger partial charge in [0.05, 0.1) is 23.2 Å². The molecule has 0 fully saturated rings. The number of nitro benzene ring substituents is 1. The minimum atomic E-state index is -0.438. The molecule has 0 saturated heterocycles. The van der Waals surface area contributed by atoms with Gasteiger partial charge in [-0.05, 0) is 6.07 Å². The number of hydrogen-bond donors (Lipinski definition) is 2. The predicted octanol–water partition coefficient (Wildman–Crippen LogP) is 0.477. The molecule has 17 heavy (non-hydrogen) atoms. The molecule has 0 unspecified atom stereocenters. The van der Waals surface area contributed by atoms with Crippen molar-refractivity contribution in [3.63, 3.8) is 0 Å². The Balaban J connectivity index is 2.07. The molecule has 7 nitrogen and oxygen atoms in total. The lowest BCUT2D eigenvalue weighted by Crippen LogP contribution is -2.30. The smallest absolute Gasteiger partial charge is 0.278 e. The summed E-state index contributed by atoms with van der Waals surface area (Å²) in [6, 6.07) is 6.41. The minimum Gasteiger partial charge on any atom is -0.353 e. The van der Waals surface area contributed by atoms with Gasteiger partial charge in [0.15, 0.2) is 0 Å². The standard InChI is InChI=1S/C10H11N5O2/c16-15(17)9-4-2-1-3-8(9)7-13-14-10-11-5-6-12-10/h1-4,7H,5-6H2,(H2,11,12,14)/b13-7+. The second-order valence-corrected chi connectivity index (χ2v) is 3.34. The molecule has 0 aromatic heterocycles. The molecular weight excluding hydrogens is 222 g/mol. The summed E-state index contributed by atoms with van der Waals surface area (Å²) in [4.78, 5) is 14.4. The topological polar surface area (TPSA) is 91.9 Å². The molecule has 0 amide bonds. The van der Waals surface area contributed by atoms with Gasteiger partial charge in [-0.2, -0.15) is 5.10 Å². The molecular formula is C10H11N5O2. The number of hydrogen-bond acceptors (Lipinski definition) is 6. The van der Waals surface area contributed by atoms with Crippen LogP contribution in [0.4, 0.5) is 5.69 Å². The Labute approximate surface area is 97.4 Å². The molecule has 2 rings (SSSR count). The van der Waals surface area contributed by atoms with E-state index in [1.165, 1.54) is 12.3 Å². The van der Waals surface area contributed by atoms with Crippen LogP contribution in [0.15, 0.2) is 34.4 Å². The van der Waals surface area contributed by atoms with Crippen molar-refractivity contribution < 1.29 is 4.92 Å². The maximum absolute atomic E-state index is 10.7. The van der Waals surface area contributed by atoms with Crippen LogP contribution < -0.4 is 10.7 Å². The molecule has 0 spiro atoms. The van der Waals surface area contributed by atoms with Gasteiger partial charge in [-0.25, -0.2) is 10.4 Å². The fraction of sp³-hybridized carbons (Fsp3) is 0.200. The number of rotatable bonds is 3. The maximum Gasteiger partial charge on any atom is 0.278 e. The SMILES string of the molecule is O=[N+]([O-])c1ccccc1/C=N/NC1=NCCN1. The quantitative estimate of drug-likeness (QED) is 0.451. The fourth-order valence-corrected chi connectivity index (χ4v) is 1.40. The number of guanidine groups is 1. The summed E-state index contributed by atoms with van der Waals surface area (Å²) in [7, 11) is 0. The number of para-hydroxylation sites is 1. The van der Waals surface area contributed by atoms with E-state index >= 15 is 0 Å². The van der Waals surface area contributed by atoms with Crippen molar-refractivity contribution in [2.24, 2.45) is 10.1 Å². The van der Waals surface area contributed by atoms with E-state index in [1.807, 2.05) is 0 Å². The lowest BCUT2D eigenvalue weighted by molar-refractivity contribution is -0.385. The summed E-state index contributed by atoms with van der Waals surface area (Å²) in [5.41, 5.74) is 3.16. The number of nitro groups is 1. The van der Waals surface area contributed by atoms with Crippen molar-refractivity contribution in [1.29, 1.82) is 0 Å². The maximum atomic E-state index is 10.7. The van der Waals surface area contributed by atoms with Crippen LogP contribution in [0, 0.1) is 10.1 Å². The van der Waals surface area contributed by atoms with Crippen LogP contribution in [-0.4, -0.2) is 30.2 Å². The third-order valence-corrected chi connectivity index (χ3v) is 2.18. The number of benzene rings is 1. The van der Waals surface area contributed by atoms with Crippen LogP contribution in [0.3, 0.4) is 0 Å². The van der Waals surface area contributed by atoms with Crippen LogP contribution in [0.2, 0.25) is 0 Å². The predicted molar refractivity (Wildman–Crippen MR) is 64.1 cm³/mol. The molecule has 0 bridgehead atoms. The Hall–Kier alpha value is -2.44. The minimum absolute atomic E-state index is 0.0272. The van der Waals surface area contributed by atoms with Crippen molar-refractivity contribution in [3.05, 3.63) is 39.9 Å². The van der Waals surface area contributed by atoms with Crippen molar-refractivity contribution in [2.75, 3.05) is 13.1 Å².